The number of nitrogens with one attached hydrogen (secondary N) is 2. The lowest BCUT2D eigenvalue weighted by Gasteiger charge is -2.11. The third-order valence-electron chi connectivity index (χ3n) is 2.51. The van der Waals surface area contributed by atoms with Crippen molar-refractivity contribution >= 4 is 11.6 Å². The fourth-order valence-corrected chi connectivity index (χ4v) is 1.47. The number of amides is 1. The molecule has 1 rings (SSSR count). The molecule has 0 heterocycles. The second-order valence-corrected chi connectivity index (χ2v) is 4.65. The van der Waals surface area contributed by atoms with Crippen LogP contribution in [0.5, 0.6) is 11.5 Å². The SMILES string of the molecule is COc1cc(NCC(=O)NCC(C)C)cc(OC)c1. The number of benzene rings is 1. The summed E-state index contributed by atoms with van der Waals surface area (Å²) in [7, 11) is 3.18. The van der Waals surface area contributed by atoms with Gasteiger partial charge in [0.1, 0.15) is 11.5 Å². The largest absolute Gasteiger partial charge is 0.497 e. The van der Waals surface area contributed by atoms with Gasteiger partial charge in [0.15, 0.2) is 0 Å². The first-order valence-corrected chi connectivity index (χ1v) is 6.28. The van der Waals surface area contributed by atoms with E-state index in [0.717, 1.165) is 5.69 Å². The van der Waals surface area contributed by atoms with Crippen molar-refractivity contribution in [2.24, 2.45) is 5.92 Å². The molecule has 5 heteroatoms. The van der Waals surface area contributed by atoms with E-state index in [1.165, 1.54) is 0 Å². The minimum atomic E-state index is -0.0320. The number of carbonyl (C=O) groups is 1. The van der Waals surface area contributed by atoms with Crippen molar-refractivity contribution in [3.05, 3.63) is 18.2 Å². The Hall–Kier alpha value is -1.91. The van der Waals surface area contributed by atoms with Crippen LogP contribution in [-0.2, 0) is 4.79 Å². The van der Waals surface area contributed by atoms with Crippen LogP contribution < -0.4 is 20.1 Å². The zero-order valence-corrected chi connectivity index (χ0v) is 11.9. The van der Waals surface area contributed by atoms with Gasteiger partial charge in [-0.2, -0.15) is 0 Å². The van der Waals surface area contributed by atoms with Crippen molar-refractivity contribution < 1.29 is 14.3 Å². The molecule has 0 saturated heterocycles. The second-order valence-electron chi connectivity index (χ2n) is 4.65. The average molecular weight is 266 g/mol. The van der Waals surface area contributed by atoms with Gasteiger partial charge in [-0.15, -0.1) is 0 Å². The molecule has 0 radical (unpaired) electrons. The highest BCUT2D eigenvalue weighted by molar-refractivity contribution is 5.80. The van der Waals surface area contributed by atoms with Gasteiger partial charge in [0.05, 0.1) is 20.8 Å². The Labute approximate surface area is 114 Å². The number of anilines is 1. The van der Waals surface area contributed by atoms with E-state index in [0.29, 0.717) is 24.0 Å². The summed E-state index contributed by atoms with van der Waals surface area (Å²) in [5, 5.41) is 5.89. The second kappa shape index (κ2) is 7.51. The maximum atomic E-state index is 11.6. The maximum Gasteiger partial charge on any atom is 0.239 e. The Morgan fingerprint density at radius 3 is 2.21 bits per heavy atom. The molecule has 0 bridgehead atoms. The molecule has 0 aliphatic carbocycles. The van der Waals surface area contributed by atoms with Gasteiger partial charge in [0.25, 0.3) is 0 Å². The Bertz CT molecular complexity index is 397. The molecule has 0 aliphatic rings. The van der Waals surface area contributed by atoms with Gasteiger partial charge >= 0.3 is 0 Å². The lowest BCUT2D eigenvalue weighted by Crippen LogP contribution is -2.32. The van der Waals surface area contributed by atoms with E-state index in [-0.39, 0.29) is 12.5 Å². The van der Waals surface area contributed by atoms with Gasteiger partial charge in [0.2, 0.25) is 5.91 Å². The molecule has 1 aromatic carbocycles. The normalized spacial score (nSPS) is 10.2. The molecule has 106 valence electrons. The van der Waals surface area contributed by atoms with E-state index in [1.807, 2.05) is 12.1 Å². The number of hydrogen-bond donors (Lipinski definition) is 2. The van der Waals surface area contributed by atoms with E-state index in [4.69, 9.17) is 9.47 Å². The predicted molar refractivity (Wildman–Crippen MR) is 75.9 cm³/mol. The van der Waals surface area contributed by atoms with E-state index in [9.17, 15) is 4.79 Å². The molecule has 5 nitrogen and oxygen atoms in total. The first kappa shape index (κ1) is 15.1. The van der Waals surface area contributed by atoms with Crippen LogP contribution in [0.4, 0.5) is 5.69 Å². The van der Waals surface area contributed by atoms with E-state index in [2.05, 4.69) is 24.5 Å². The molecule has 0 spiro atoms. The summed E-state index contributed by atoms with van der Waals surface area (Å²) in [5.41, 5.74) is 0.788. The van der Waals surface area contributed by atoms with Gasteiger partial charge < -0.3 is 20.1 Å². The average Bonchev–Trinajstić information content (AvgIpc) is 2.42. The Balaban J connectivity index is 2.54. The zero-order valence-electron chi connectivity index (χ0n) is 11.9. The Morgan fingerprint density at radius 1 is 1.16 bits per heavy atom. The van der Waals surface area contributed by atoms with Crippen molar-refractivity contribution in [3.8, 4) is 11.5 Å². The van der Waals surface area contributed by atoms with Crippen molar-refractivity contribution in [2.75, 3.05) is 32.6 Å². The Morgan fingerprint density at radius 2 is 1.74 bits per heavy atom. The molecule has 0 saturated carbocycles. The Kier molecular flexibility index (Phi) is 5.99. The number of methoxy groups -OCH3 is 2. The number of rotatable bonds is 7. The molecule has 0 atom stereocenters. The monoisotopic (exact) mass is 266 g/mol. The number of ether oxygens (including phenoxy) is 2. The lowest BCUT2D eigenvalue weighted by molar-refractivity contribution is -0.119. The molecule has 0 aromatic heterocycles. The molecule has 0 aliphatic heterocycles. The highest BCUT2D eigenvalue weighted by Crippen LogP contribution is 2.25. The van der Waals surface area contributed by atoms with Crippen LogP contribution in [0.1, 0.15) is 13.8 Å². The molecular formula is C14H22N2O3. The molecule has 1 aromatic rings. The van der Waals surface area contributed by atoms with E-state index < -0.39 is 0 Å². The third-order valence-corrected chi connectivity index (χ3v) is 2.51. The highest BCUT2D eigenvalue weighted by Gasteiger charge is 2.05. The first-order valence-electron chi connectivity index (χ1n) is 6.28. The summed E-state index contributed by atoms with van der Waals surface area (Å²) in [4.78, 5) is 11.6. The molecule has 19 heavy (non-hydrogen) atoms. The molecular weight excluding hydrogens is 244 g/mol. The van der Waals surface area contributed by atoms with Crippen molar-refractivity contribution in [1.29, 1.82) is 0 Å². The summed E-state index contributed by atoms with van der Waals surface area (Å²) in [6.07, 6.45) is 0. The molecule has 2 N–H and O–H groups in total. The minimum absolute atomic E-state index is 0.0320. The molecule has 1 amide bonds. The first-order chi connectivity index (χ1) is 9.05. The maximum absolute atomic E-state index is 11.6. The van der Waals surface area contributed by atoms with Crippen LogP contribution in [0.2, 0.25) is 0 Å². The number of hydrogen-bond acceptors (Lipinski definition) is 4. The summed E-state index contributed by atoms with van der Waals surface area (Å²) >= 11 is 0. The smallest absolute Gasteiger partial charge is 0.239 e. The highest BCUT2D eigenvalue weighted by atomic mass is 16.5. The van der Waals surface area contributed by atoms with Gasteiger partial charge in [-0.05, 0) is 5.92 Å². The summed E-state index contributed by atoms with van der Waals surface area (Å²) < 4.78 is 10.3. The van der Waals surface area contributed by atoms with E-state index >= 15 is 0 Å². The van der Waals surface area contributed by atoms with Crippen LogP contribution >= 0.6 is 0 Å². The van der Waals surface area contributed by atoms with Crippen LogP contribution in [0, 0.1) is 5.92 Å². The van der Waals surface area contributed by atoms with Gasteiger partial charge in [-0.25, -0.2) is 0 Å². The van der Waals surface area contributed by atoms with Gasteiger partial charge in [-0.1, -0.05) is 13.8 Å². The van der Waals surface area contributed by atoms with Crippen molar-refractivity contribution in [3.63, 3.8) is 0 Å². The van der Waals surface area contributed by atoms with Crippen LogP contribution in [0.3, 0.4) is 0 Å². The minimum Gasteiger partial charge on any atom is -0.497 e. The van der Waals surface area contributed by atoms with Crippen molar-refractivity contribution in [1.82, 2.24) is 5.32 Å². The van der Waals surface area contributed by atoms with Crippen LogP contribution in [0.15, 0.2) is 18.2 Å². The van der Waals surface area contributed by atoms with Crippen LogP contribution in [0.25, 0.3) is 0 Å². The zero-order chi connectivity index (χ0) is 14.3. The fraction of sp³-hybridized carbons (Fsp3) is 0.500. The fourth-order valence-electron chi connectivity index (χ4n) is 1.47. The molecule has 0 fully saturated rings. The topological polar surface area (TPSA) is 59.6 Å². The third kappa shape index (κ3) is 5.50. The van der Waals surface area contributed by atoms with E-state index in [1.54, 1.807) is 20.3 Å². The molecule has 0 unspecified atom stereocenters. The number of carbonyl (C=O) groups excluding carboxylic acids is 1. The summed E-state index contributed by atoms with van der Waals surface area (Å²) in [6.45, 7) is 5.02. The lowest BCUT2D eigenvalue weighted by atomic mass is 10.2. The predicted octanol–water partition coefficient (Wildman–Crippen LogP) is 1.89. The van der Waals surface area contributed by atoms with Gasteiger partial charge in [-0.3, -0.25) is 4.79 Å². The summed E-state index contributed by atoms with van der Waals surface area (Å²) in [6, 6.07) is 5.42. The van der Waals surface area contributed by atoms with Gasteiger partial charge in [0, 0.05) is 30.4 Å². The van der Waals surface area contributed by atoms with Crippen LogP contribution in [-0.4, -0.2) is 33.2 Å². The summed E-state index contributed by atoms with van der Waals surface area (Å²) in [5.74, 6) is 1.78. The standard InChI is InChI=1S/C14H22N2O3/c1-10(2)8-16-14(17)9-15-11-5-12(18-3)7-13(6-11)19-4/h5-7,10,15H,8-9H2,1-4H3,(H,16,17). The van der Waals surface area contributed by atoms with Crippen molar-refractivity contribution in [2.45, 2.75) is 13.8 Å². The quantitative estimate of drug-likeness (QED) is 0.791.